The second kappa shape index (κ2) is 7.63. The van der Waals surface area contributed by atoms with Crippen molar-refractivity contribution in [2.24, 2.45) is 0 Å². The number of rotatable bonds is 5. The van der Waals surface area contributed by atoms with Crippen LogP contribution in [0.25, 0.3) is 21.9 Å². The number of anilines is 2. The summed E-state index contributed by atoms with van der Waals surface area (Å²) < 4.78 is 0. The van der Waals surface area contributed by atoms with Crippen LogP contribution in [0, 0.1) is 0 Å². The van der Waals surface area contributed by atoms with Gasteiger partial charge in [-0.2, -0.15) is 0 Å². The van der Waals surface area contributed by atoms with Crippen molar-refractivity contribution in [3.8, 4) is 0 Å². The maximum Gasteiger partial charge on any atom is 0.257 e. The number of aromatic nitrogens is 4. The minimum Gasteiger partial charge on any atom is -0.365 e. The highest BCUT2D eigenvalue weighted by atomic mass is 16.1. The number of pyridine rings is 1. The third kappa shape index (κ3) is 3.44. The number of hydrogen-bond donors (Lipinski definition) is 3. The molecular weight excluding hydrogens is 376 g/mol. The van der Waals surface area contributed by atoms with E-state index in [9.17, 15) is 4.79 Å². The Labute approximate surface area is 172 Å². The number of nitrogens with one attached hydrogen (secondary N) is 3. The quantitative estimate of drug-likeness (QED) is 0.411. The number of aromatic amines is 1. The van der Waals surface area contributed by atoms with Crippen molar-refractivity contribution in [2.45, 2.75) is 6.54 Å². The zero-order chi connectivity index (χ0) is 20.3. The molecule has 3 N–H and O–H groups in total. The van der Waals surface area contributed by atoms with Gasteiger partial charge in [-0.05, 0) is 42.0 Å². The Morgan fingerprint density at radius 1 is 0.933 bits per heavy atom. The molecule has 30 heavy (non-hydrogen) atoms. The first-order valence-corrected chi connectivity index (χ1v) is 9.54. The standard InChI is InChI=1S/C23H18N6O/c30-23(19-13-26-21-17(19)8-4-10-24-21)29-16-6-3-5-15(11-16)12-25-22-18-7-1-2-9-20(18)27-14-28-22/h1-11,13-14H,12H2,(H,24,26)(H,29,30)(H,25,27,28). The van der Waals surface area contributed by atoms with Gasteiger partial charge < -0.3 is 15.6 Å². The summed E-state index contributed by atoms with van der Waals surface area (Å²) in [4.78, 5) is 28.6. The van der Waals surface area contributed by atoms with E-state index in [1.54, 1.807) is 18.7 Å². The monoisotopic (exact) mass is 394 g/mol. The van der Waals surface area contributed by atoms with E-state index in [0.717, 1.165) is 33.4 Å². The van der Waals surface area contributed by atoms with E-state index in [1.165, 1.54) is 0 Å². The van der Waals surface area contributed by atoms with Gasteiger partial charge in [0.25, 0.3) is 5.91 Å². The van der Waals surface area contributed by atoms with Gasteiger partial charge in [-0.3, -0.25) is 4.79 Å². The minimum absolute atomic E-state index is 0.179. The van der Waals surface area contributed by atoms with Crippen molar-refractivity contribution in [1.29, 1.82) is 0 Å². The molecule has 0 saturated heterocycles. The molecule has 146 valence electrons. The van der Waals surface area contributed by atoms with Gasteiger partial charge in [0.15, 0.2) is 0 Å². The fourth-order valence-electron chi connectivity index (χ4n) is 3.43. The molecule has 0 bridgehead atoms. The number of carbonyl (C=O) groups excluding carboxylic acids is 1. The van der Waals surface area contributed by atoms with Gasteiger partial charge >= 0.3 is 0 Å². The average molecular weight is 394 g/mol. The topological polar surface area (TPSA) is 95.6 Å². The predicted molar refractivity (Wildman–Crippen MR) is 117 cm³/mol. The smallest absolute Gasteiger partial charge is 0.257 e. The van der Waals surface area contributed by atoms with Crippen LogP contribution in [0.5, 0.6) is 0 Å². The number of H-pyrrole nitrogens is 1. The Morgan fingerprint density at radius 3 is 2.80 bits per heavy atom. The zero-order valence-electron chi connectivity index (χ0n) is 16.0. The zero-order valence-corrected chi connectivity index (χ0v) is 16.0. The Balaban J connectivity index is 1.32. The molecule has 0 unspecified atom stereocenters. The molecule has 0 saturated carbocycles. The van der Waals surface area contributed by atoms with E-state index in [2.05, 4.69) is 30.6 Å². The number of carbonyl (C=O) groups is 1. The van der Waals surface area contributed by atoms with Gasteiger partial charge in [0.1, 0.15) is 17.8 Å². The molecule has 7 heteroatoms. The number of benzene rings is 2. The van der Waals surface area contributed by atoms with Crippen molar-refractivity contribution in [3.63, 3.8) is 0 Å². The Hall–Kier alpha value is -4.26. The summed E-state index contributed by atoms with van der Waals surface area (Å²) in [6.45, 7) is 0.571. The fourth-order valence-corrected chi connectivity index (χ4v) is 3.43. The van der Waals surface area contributed by atoms with E-state index in [-0.39, 0.29) is 5.91 Å². The molecule has 0 atom stereocenters. The number of hydrogen-bond acceptors (Lipinski definition) is 5. The second-order valence-corrected chi connectivity index (χ2v) is 6.85. The molecule has 2 aromatic carbocycles. The second-order valence-electron chi connectivity index (χ2n) is 6.85. The summed E-state index contributed by atoms with van der Waals surface area (Å²) in [6.07, 6.45) is 4.92. The van der Waals surface area contributed by atoms with E-state index in [1.807, 2.05) is 60.7 Å². The molecule has 3 aromatic heterocycles. The van der Waals surface area contributed by atoms with Crippen LogP contribution in [-0.2, 0) is 6.54 Å². The first kappa shape index (κ1) is 17.8. The molecule has 3 heterocycles. The SMILES string of the molecule is O=C(Nc1cccc(CNc2ncnc3ccccc23)c1)c1c[nH]c2ncccc12. The number of para-hydroxylation sites is 1. The van der Waals surface area contributed by atoms with Crippen LogP contribution >= 0.6 is 0 Å². The van der Waals surface area contributed by atoms with Crippen LogP contribution in [0.15, 0.2) is 79.4 Å². The Kier molecular flexibility index (Phi) is 4.53. The average Bonchev–Trinajstić information content (AvgIpc) is 3.22. The van der Waals surface area contributed by atoms with Gasteiger partial charge in [-0.1, -0.05) is 24.3 Å². The number of amides is 1. The minimum atomic E-state index is -0.179. The van der Waals surface area contributed by atoms with Crippen molar-refractivity contribution < 1.29 is 4.79 Å². The van der Waals surface area contributed by atoms with Crippen LogP contribution in [0.2, 0.25) is 0 Å². The van der Waals surface area contributed by atoms with Crippen LogP contribution < -0.4 is 10.6 Å². The highest BCUT2D eigenvalue weighted by molar-refractivity contribution is 6.12. The summed E-state index contributed by atoms with van der Waals surface area (Å²) in [6, 6.07) is 19.3. The van der Waals surface area contributed by atoms with Crippen LogP contribution in [-0.4, -0.2) is 25.8 Å². The van der Waals surface area contributed by atoms with Crippen molar-refractivity contribution in [1.82, 2.24) is 19.9 Å². The molecule has 0 aliphatic rings. The van der Waals surface area contributed by atoms with E-state index in [0.29, 0.717) is 17.8 Å². The van der Waals surface area contributed by atoms with E-state index in [4.69, 9.17) is 0 Å². The lowest BCUT2D eigenvalue weighted by molar-refractivity contribution is 0.102. The van der Waals surface area contributed by atoms with Gasteiger partial charge in [0.05, 0.1) is 11.1 Å². The summed E-state index contributed by atoms with van der Waals surface area (Å²) >= 11 is 0. The molecule has 0 radical (unpaired) electrons. The normalized spacial score (nSPS) is 10.9. The summed E-state index contributed by atoms with van der Waals surface area (Å²) in [5, 5.41) is 8.09. The molecule has 5 aromatic rings. The maximum atomic E-state index is 12.7. The lowest BCUT2D eigenvalue weighted by Gasteiger charge is -2.10. The Morgan fingerprint density at radius 2 is 1.83 bits per heavy atom. The van der Waals surface area contributed by atoms with Crippen LogP contribution in [0.3, 0.4) is 0 Å². The molecular formula is C23H18N6O. The fraction of sp³-hybridized carbons (Fsp3) is 0.0435. The molecule has 0 fully saturated rings. The lowest BCUT2D eigenvalue weighted by Crippen LogP contribution is -2.12. The summed E-state index contributed by atoms with van der Waals surface area (Å²) in [7, 11) is 0. The van der Waals surface area contributed by atoms with Crippen molar-refractivity contribution in [3.05, 3.63) is 90.5 Å². The van der Waals surface area contributed by atoms with Gasteiger partial charge in [0.2, 0.25) is 0 Å². The summed E-state index contributed by atoms with van der Waals surface area (Å²) in [5.74, 6) is 0.600. The molecule has 7 nitrogen and oxygen atoms in total. The molecule has 5 rings (SSSR count). The van der Waals surface area contributed by atoms with Crippen LogP contribution in [0.1, 0.15) is 15.9 Å². The highest BCUT2D eigenvalue weighted by Crippen LogP contribution is 2.21. The number of fused-ring (bicyclic) bond motifs is 2. The van der Waals surface area contributed by atoms with Gasteiger partial charge in [-0.15, -0.1) is 0 Å². The first-order valence-electron chi connectivity index (χ1n) is 9.54. The maximum absolute atomic E-state index is 12.7. The molecule has 1 amide bonds. The van der Waals surface area contributed by atoms with Crippen molar-refractivity contribution >= 4 is 39.3 Å². The lowest BCUT2D eigenvalue weighted by atomic mass is 10.1. The molecule has 0 aliphatic carbocycles. The first-order chi connectivity index (χ1) is 14.8. The third-order valence-corrected chi connectivity index (χ3v) is 4.88. The van der Waals surface area contributed by atoms with Crippen LogP contribution in [0.4, 0.5) is 11.5 Å². The Bertz CT molecular complexity index is 1350. The largest absolute Gasteiger partial charge is 0.365 e. The third-order valence-electron chi connectivity index (χ3n) is 4.88. The van der Waals surface area contributed by atoms with E-state index >= 15 is 0 Å². The summed E-state index contributed by atoms with van der Waals surface area (Å²) in [5.41, 5.74) is 3.90. The number of nitrogens with zero attached hydrogens (tertiary/aromatic N) is 3. The van der Waals surface area contributed by atoms with Crippen molar-refractivity contribution in [2.75, 3.05) is 10.6 Å². The predicted octanol–water partition coefficient (Wildman–Crippen LogP) is 4.37. The van der Waals surface area contributed by atoms with Gasteiger partial charge in [0, 0.05) is 35.4 Å². The molecule has 0 spiro atoms. The van der Waals surface area contributed by atoms with Gasteiger partial charge in [-0.25, -0.2) is 15.0 Å². The van der Waals surface area contributed by atoms with E-state index < -0.39 is 0 Å². The highest BCUT2D eigenvalue weighted by Gasteiger charge is 2.12. The molecule has 0 aliphatic heterocycles.